The Balaban J connectivity index is 2.35. The van der Waals surface area contributed by atoms with E-state index in [0.29, 0.717) is 0 Å². The maximum Gasteiger partial charge on any atom is 0.389 e. The molecule has 0 fully saturated rings. The van der Waals surface area contributed by atoms with Crippen molar-refractivity contribution >= 4 is 0 Å². The third kappa shape index (κ3) is 3.01. The van der Waals surface area contributed by atoms with Gasteiger partial charge in [-0.05, 0) is 0 Å². The van der Waals surface area contributed by atoms with Crippen molar-refractivity contribution in [2.24, 2.45) is 0 Å². The molecule has 0 aliphatic heterocycles. The fraction of sp³-hybridized carbons (Fsp3) is 0.600. The van der Waals surface area contributed by atoms with Crippen molar-refractivity contribution in [3.63, 3.8) is 0 Å². The zero-order chi connectivity index (χ0) is 8.32. The zero-order valence-electron chi connectivity index (χ0n) is 5.43. The molecule has 0 saturated heterocycles. The van der Waals surface area contributed by atoms with Crippen molar-refractivity contribution in [3.05, 3.63) is 12.2 Å². The number of rotatable bonds is 2. The Hall–Kier alpha value is -1.07. The van der Waals surface area contributed by atoms with Crippen LogP contribution in [0.25, 0.3) is 0 Å². The third-order valence-corrected chi connectivity index (χ3v) is 1.03. The lowest BCUT2D eigenvalue weighted by atomic mass is 10.3. The molecule has 62 valence electrons. The predicted octanol–water partition coefficient (Wildman–Crippen LogP) is 1.56. The van der Waals surface area contributed by atoms with Crippen LogP contribution < -0.4 is 0 Å². The first-order chi connectivity index (χ1) is 5.08. The summed E-state index contributed by atoms with van der Waals surface area (Å²) in [6.07, 6.45) is -4.25. The molecule has 0 atom stereocenters. The van der Waals surface area contributed by atoms with Gasteiger partial charge in [0.25, 0.3) is 0 Å². The first-order valence-electron chi connectivity index (χ1n) is 2.90. The Kier molecular flexibility index (Phi) is 2.11. The molecule has 1 rings (SSSR count). The number of alkyl halides is 3. The van der Waals surface area contributed by atoms with Crippen LogP contribution >= 0.6 is 0 Å². The molecule has 0 amide bonds. The van der Waals surface area contributed by atoms with E-state index >= 15 is 0 Å². The van der Waals surface area contributed by atoms with Gasteiger partial charge in [0.15, 0.2) is 6.33 Å². The molecule has 1 heterocycles. The Morgan fingerprint density at radius 3 is 2.64 bits per heavy atom. The number of hydrogen-bond donors (Lipinski definition) is 0. The van der Waals surface area contributed by atoms with Crippen molar-refractivity contribution in [2.75, 3.05) is 0 Å². The summed E-state index contributed by atoms with van der Waals surface area (Å²) in [7, 11) is 0. The molecular formula is C5H5F3N2O. The van der Waals surface area contributed by atoms with Crippen molar-refractivity contribution in [1.29, 1.82) is 0 Å². The minimum Gasteiger partial charge on any atom is -0.340 e. The Bertz CT molecular complexity index is 206. The van der Waals surface area contributed by atoms with E-state index in [1.165, 1.54) is 0 Å². The number of hydrogen-bond acceptors (Lipinski definition) is 3. The molecule has 11 heavy (non-hydrogen) atoms. The van der Waals surface area contributed by atoms with E-state index < -0.39 is 12.6 Å². The zero-order valence-corrected chi connectivity index (χ0v) is 5.43. The molecule has 6 heteroatoms. The molecule has 0 N–H and O–H groups in total. The number of aromatic nitrogens is 2. The van der Waals surface area contributed by atoms with Crippen LogP contribution in [0.5, 0.6) is 0 Å². The maximum absolute atomic E-state index is 11.6. The van der Waals surface area contributed by atoms with E-state index in [0.717, 1.165) is 6.33 Å². The van der Waals surface area contributed by atoms with Crippen molar-refractivity contribution < 1.29 is 17.7 Å². The fourth-order valence-electron chi connectivity index (χ4n) is 0.555. The lowest BCUT2D eigenvalue weighted by molar-refractivity contribution is -0.134. The van der Waals surface area contributed by atoms with Crippen LogP contribution in [0.1, 0.15) is 12.3 Å². The molecule has 0 aromatic carbocycles. The summed E-state index contributed by atoms with van der Waals surface area (Å²) < 4.78 is 39.0. The highest BCUT2D eigenvalue weighted by atomic mass is 19.4. The first-order valence-corrected chi connectivity index (χ1v) is 2.90. The van der Waals surface area contributed by atoms with Crippen LogP contribution in [0, 0.1) is 0 Å². The quantitative estimate of drug-likeness (QED) is 0.669. The van der Waals surface area contributed by atoms with Gasteiger partial charge in [-0.15, -0.1) is 0 Å². The molecule has 1 aromatic rings. The summed E-state index contributed by atoms with van der Waals surface area (Å²) >= 11 is 0. The van der Waals surface area contributed by atoms with Crippen LogP contribution in [0.3, 0.4) is 0 Å². The summed E-state index contributed by atoms with van der Waals surface area (Å²) in [5.74, 6) is 0.0160. The Morgan fingerprint density at radius 2 is 2.18 bits per heavy atom. The molecule has 0 aliphatic carbocycles. The number of nitrogens with zero attached hydrogens (tertiary/aromatic N) is 2. The van der Waals surface area contributed by atoms with E-state index in [9.17, 15) is 13.2 Å². The molecule has 1 aromatic heterocycles. The van der Waals surface area contributed by atoms with Crippen LogP contribution in [-0.4, -0.2) is 16.3 Å². The summed E-state index contributed by atoms with van der Waals surface area (Å²) in [4.78, 5) is 3.44. The van der Waals surface area contributed by atoms with Crippen molar-refractivity contribution in [2.45, 2.75) is 19.0 Å². The Labute approximate surface area is 60.2 Å². The summed E-state index contributed by atoms with van der Waals surface area (Å²) in [5.41, 5.74) is 0. The van der Waals surface area contributed by atoms with E-state index in [1.807, 2.05) is 0 Å². The molecular weight excluding hydrogens is 161 g/mol. The summed E-state index contributed by atoms with van der Waals surface area (Å²) in [6.45, 7) is 0. The number of aryl methyl sites for hydroxylation is 1. The highest BCUT2D eigenvalue weighted by Crippen LogP contribution is 2.21. The highest BCUT2D eigenvalue weighted by molar-refractivity contribution is 4.75. The molecule has 0 unspecified atom stereocenters. The average Bonchev–Trinajstić information content (AvgIpc) is 2.32. The second kappa shape index (κ2) is 2.89. The second-order valence-electron chi connectivity index (χ2n) is 1.95. The molecule has 0 bridgehead atoms. The standard InChI is InChI=1S/C5H5F3N2O/c6-5(7,8)2-1-4-9-3-10-11-4/h3H,1-2H2. The lowest BCUT2D eigenvalue weighted by Crippen LogP contribution is -2.08. The SMILES string of the molecule is FC(F)(F)CCc1ncno1. The van der Waals surface area contributed by atoms with Gasteiger partial charge in [-0.2, -0.15) is 18.2 Å². The normalized spacial score (nSPS) is 11.9. The van der Waals surface area contributed by atoms with Crippen LogP contribution in [0.4, 0.5) is 13.2 Å². The average molecular weight is 166 g/mol. The minimum atomic E-state index is -4.16. The third-order valence-electron chi connectivity index (χ3n) is 1.03. The molecule has 0 radical (unpaired) electrons. The smallest absolute Gasteiger partial charge is 0.340 e. The van der Waals surface area contributed by atoms with Gasteiger partial charge >= 0.3 is 6.18 Å². The van der Waals surface area contributed by atoms with Crippen molar-refractivity contribution in [1.82, 2.24) is 10.1 Å². The predicted molar refractivity (Wildman–Crippen MR) is 28.7 cm³/mol. The summed E-state index contributed by atoms with van der Waals surface area (Å²) in [6, 6.07) is 0. The van der Waals surface area contributed by atoms with E-state index in [1.54, 1.807) is 0 Å². The van der Waals surface area contributed by atoms with Crippen molar-refractivity contribution in [3.8, 4) is 0 Å². The second-order valence-corrected chi connectivity index (χ2v) is 1.95. The van der Waals surface area contributed by atoms with E-state index in [-0.39, 0.29) is 12.3 Å². The van der Waals surface area contributed by atoms with E-state index in [4.69, 9.17) is 0 Å². The van der Waals surface area contributed by atoms with Gasteiger partial charge in [-0.1, -0.05) is 5.16 Å². The van der Waals surface area contributed by atoms with Crippen LogP contribution in [0.15, 0.2) is 10.9 Å². The van der Waals surface area contributed by atoms with Gasteiger partial charge in [-0.25, -0.2) is 0 Å². The monoisotopic (exact) mass is 166 g/mol. The molecule has 3 nitrogen and oxygen atoms in total. The lowest BCUT2D eigenvalue weighted by Gasteiger charge is -2.01. The Morgan fingerprint density at radius 1 is 1.45 bits per heavy atom. The highest BCUT2D eigenvalue weighted by Gasteiger charge is 2.27. The van der Waals surface area contributed by atoms with Crippen LogP contribution in [-0.2, 0) is 6.42 Å². The number of halogens is 3. The fourth-order valence-corrected chi connectivity index (χ4v) is 0.555. The van der Waals surface area contributed by atoms with Gasteiger partial charge in [-0.3, -0.25) is 0 Å². The molecule has 0 saturated carbocycles. The van der Waals surface area contributed by atoms with E-state index in [2.05, 4.69) is 14.7 Å². The molecule has 0 aliphatic rings. The molecule has 0 spiro atoms. The first kappa shape index (κ1) is 8.03. The van der Waals surface area contributed by atoms with Gasteiger partial charge in [0.05, 0.1) is 6.42 Å². The van der Waals surface area contributed by atoms with Gasteiger partial charge in [0.2, 0.25) is 5.89 Å². The summed E-state index contributed by atoms with van der Waals surface area (Å²) in [5, 5.41) is 3.17. The van der Waals surface area contributed by atoms with Gasteiger partial charge in [0, 0.05) is 6.42 Å². The largest absolute Gasteiger partial charge is 0.389 e. The maximum atomic E-state index is 11.6. The minimum absolute atomic E-state index is 0.0160. The van der Waals surface area contributed by atoms with Crippen LogP contribution in [0.2, 0.25) is 0 Å². The van der Waals surface area contributed by atoms with Gasteiger partial charge in [0.1, 0.15) is 0 Å². The topological polar surface area (TPSA) is 38.9 Å². The van der Waals surface area contributed by atoms with Gasteiger partial charge < -0.3 is 4.52 Å².